The minimum atomic E-state index is -0.206. The van der Waals surface area contributed by atoms with Gasteiger partial charge in [0.25, 0.3) is 5.91 Å². The van der Waals surface area contributed by atoms with Crippen LogP contribution in [0.5, 0.6) is 0 Å². The van der Waals surface area contributed by atoms with Gasteiger partial charge in [-0.25, -0.2) is 0 Å². The minimum absolute atomic E-state index is 0.206. The summed E-state index contributed by atoms with van der Waals surface area (Å²) in [5, 5.41) is 6.65. The van der Waals surface area contributed by atoms with Crippen molar-refractivity contribution in [1.82, 2.24) is 4.98 Å². The molecule has 2 N–H and O–H groups in total. The van der Waals surface area contributed by atoms with Crippen LogP contribution in [0.25, 0.3) is 0 Å². The summed E-state index contributed by atoms with van der Waals surface area (Å²) in [6, 6.07) is 7.22. The van der Waals surface area contributed by atoms with Crippen LogP contribution in [0.15, 0.2) is 36.7 Å². The lowest BCUT2D eigenvalue weighted by Crippen LogP contribution is -2.13. The van der Waals surface area contributed by atoms with Crippen LogP contribution in [-0.2, 0) is 0 Å². The Labute approximate surface area is 129 Å². The zero-order chi connectivity index (χ0) is 15.2. The van der Waals surface area contributed by atoms with E-state index < -0.39 is 0 Å². The summed E-state index contributed by atoms with van der Waals surface area (Å²) in [4.78, 5) is 16.3. The molecule has 0 atom stereocenters. The highest BCUT2D eigenvalue weighted by Gasteiger charge is 2.08. The first-order valence-corrected chi connectivity index (χ1v) is 7.24. The molecular weight excluding hydrogens is 286 g/mol. The van der Waals surface area contributed by atoms with Gasteiger partial charge in [0.1, 0.15) is 0 Å². The first kappa shape index (κ1) is 15.3. The van der Waals surface area contributed by atoms with E-state index in [2.05, 4.69) is 22.5 Å². The SMILES string of the molecule is CCCNc1cncc(C(=O)Nc2ccc(C)c(Cl)c2)c1. The largest absolute Gasteiger partial charge is 0.384 e. The Morgan fingerprint density at radius 3 is 2.76 bits per heavy atom. The van der Waals surface area contributed by atoms with Crippen molar-refractivity contribution in [3.63, 3.8) is 0 Å². The monoisotopic (exact) mass is 303 g/mol. The van der Waals surface area contributed by atoms with Crippen molar-refractivity contribution in [1.29, 1.82) is 0 Å². The summed E-state index contributed by atoms with van der Waals surface area (Å²) in [7, 11) is 0. The second-order valence-corrected chi connectivity index (χ2v) is 5.21. The third-order valence-corrected chi connectivity index (χ3v) is 3.42. The number of nitrogens with one attached hydrogen (secondary N) is 2. The van der Waals surface area contributed by atoms with E-state index >= 15 is 0 Å². The molecular formula is C16H18ClN3O. The summed E-state index contributed by atoms with van der Waals surface area (Å²) in [5.74, 6) is -0.206. The van der Waals surface area contributed by atoms with Crippen molar-refractivity contribution in [2.45, 2.75) is 20.3 Å². The van der Waals surface area contributed by atoms with Gasteiger partial charge in [0.2, 0.25) is 0 Å². The first-order chi connectivity index (χ1) is 10.1. The molecule has 2 rings (SSSR count). The average Bonchev–Trinajstić information content (AvgIpc) is 2.49. The van der Waals surface area contributed by atoms with E-state index in [1.807, 2.05) is 19.1 Å². The van der Waals surface area contributed by atoms with Crippen molar-refractivity contribution in [3.05, 3.63) is 52.8 Å². The van der Waals surface area contributed by atoms with Gasteiger partial charge in [-0.05, 0) is 37.1 Å². The van der Waals surface area contributed by atoms with Crippen LogP contribution in [0.1, 0.15) is 29.3 Å². The van der Waals surface area contributed by atoms with Crippen LogP contribution in [-0.4, -0.2) is 17.4 Å². The number of hydrogen-bond donors (Lipinski definition) is 2. The molecule has 0 aliphatic rings. The first-order valence-electron chi connectivity index (χ1n) is 6.86. The van der Waals surface area contributed by atoms with E-state index in [1.54, 1.807) is 24.5 Å². The number of anilines is 2. The molecule has 0 saturated heterocycles. The highest BCUT2D eigenvalue weighted by molar-refractivity contribution is 6.31. The molecule has 4 nitrogen and oxygen atoms in total. The lowest BCUT2D eigenvalue weighted by molar-refractivity contribution is 0.102. The molecule has 1 heterocycles. The molecule has 0 radical (unpaired) electrons. The van der Waals surface area contributed by atoms with Gasteiger partial charge in [-0.3, -0.25) is 9.78 Å². The highest BCUT2D eigenvalue weighted by Crippen LogP contribution is 2.20. The second-order valence-electron chi connectivity index (χ2n) is 4.81. The number of hydrogen-bond acceptors (Lipinski definition) is 3. The Morgan fingerprint density at radius 2 is 2.05 bits per heavy atom. The predicted octanol–water partition coefficient (Wildman–Crippen LogP) is 4.12. The number of pyridine rings is 1. The Morgan fingerprint density at radius 1 is 1.24 bits per heavy atom. The Hall–Kier alpha value is -2.07. The normalized spacial score (nSPS) is 10.2. The number of aryl methyl sites for hydroxylation is 1. The molecule has 21 heavy (non-hydrogen) atoms. The predicted molar refractivity (Wildman–Crippen MR) is 87.2 cm³/mol. The smallest absolute Gasteiger partial charge is 0.257 e. The number of aromatic nitrogens is 1. The van der Waals surface area contributed by atoms with Crippen LogP contribution in [0.2, 0.25) is 5.02 Å². The van der Waals surface area contributed by atoms with Crippen molar-refractivity contribution in [2.75, 3.05) is 17.2 Å². The van der Waals surface area contributed by atoms with Crippen LogP contribution < -0.4 is 10.6 Å². The molecule has 1 aromatic heterocycles. The summed E-state index contributed by atoms with van der Waals surface area (Å²) >= 11 is 6.05. The van der Waals surface area contributed by atoms with Gasteiger partial charge in [0, 0.05) is 29.6 Å². The molecule has 110 valence electrons. The molecule has 0 spiro atoms. The molecule has 0 aliphatic heterocycles. The van der Waals surface area contributed by atoms with E-state index in [4.69, 9.17) is 11.6 Å². The third kappa shape index (κ3) is 4.20. The van der Waals surface area contributed by atoms with E-state index in [-0.39, 0.29) is 5.91 Å². The van der Waals surface area contributed by atoms with Crippen molar-refractivity contribution >= 4 is 28.9 Å². The van der Waals surface area contributed by atoms with Gasteiger partial charge in [0.05, 0.1) is 11.3 Å². The lowest BCUT2D eigenvalue weighted by Gasteiger charge is -2.09. The summed E-state index contributed by atoms with van der Waals surface area (Å²) in [6.07, 6.45) is 4.26. The number of carbonyl (C=O) groups is 1. The van der Waals surface area contributed by atoms with Gasteiger partial charge in [-0.2, -0.15) is 0 Å². The molecule has 5 heteroatoms. The molecule has 1 amide bonds. The van der Waals surface area contributed by atoms with Gasteiger partial charge >= 0.3 is 0 Å². The molecule has 0 fully saturated rings. The maximum Gasteiger partial charge on any atom is 0.257 e. The van der Waals surface area contributed by atoms with Crippen LogP contribution in [0.3, 0.4) is 0 Å². The van der Waals surface area contributed by atoms with Crippen molar-refractivity contribution < 1.29 is 4.79 Å². The fourth-order valence-corrected chi connectivity index (χ4v) is 1.98. The quantitative estimate of drug-likeness (QED) is 0.873. The second kappa shape index (κ2) is 7.09. The summed E-state index contributed by atoms with van der Waals surface area (Å²) in [6.45, 7) is 4.85. The summed E-state index contributed by atoms with van der Waals surface area (Å²) < 4.78 is 0. The van der Waals surface area contributed by atoms with E-state index in [0.717, 1.165) is 24.2 Å². The number of carbonyl (C=O) groups excluding carboxylic acids is 1. The minimum Gasteiger partial charge on any atom is -0.384 e. The molecule has 0 aliphatic carbocycles. The zero-order valence-electron chi connectivity index (χ0n) is 12.1. The highest BCUT2D eigenvalue weighted by atomic mass is 35.5. The van der Waals surface area contributed by atoms with Gasteiger partial charge in [-0.15, -0.1) is 0 Å². The van der Waals surface area contributed by atoms with E-state index in [0.29, 0.717) is 16.3 Å². The van der Waals surface area contributed by atoms with Gasteiger partial charge in [0.15, 0.2) is 0 Å². The number of nitrogens with zero attached hydrogens (tertiary/aromatic N) is 1. The lowest BCUT2D eigenvalue weighted by atomic mass is 10.2. The maximum absolute atomic E-state index is 12.2. The molecule has 0 unspecified atom stereocenters. The van der Waals surface area contributed by atoms with E-state index in [9.17, 15) is 4.79 Å². The number of benzene rings is 1. The third-order valence-electron chi connectivity index (χ3n) is 3.01. The van der Waals surface area contributed by atoms with Crippen molar-refractivity contribution in [3.8, 4) is 0 Å². The topological polar surface area (TPSA) is 54.0 Å². The average molecular weight is 304 g/mol. The Bertz CT molecular complexity index is 643. The fourth-order valence-electron chi connectivity index (χ4n) is 1.80. The molecule has 0 saturated carbocycles. The van der Waals surface area contributed by atoms with E-state index in [1.165, 1.54) is 0 Å². The molecule has 0 bridgehead atoms. The van der Waals surface area contributed by atoms with Crippen LogP contribution in [0, 0.1) is 6.92 Å². The number of halogens is 1. The Kier molecular flexibility index (Phi) is 5.17. The van der Waals surface area contributed by atoms with Gasteiger partial charge < -0.3 is 10.6 Å². The van der Waals surface area contributed by atoms with Crippen LogP contribution in [0.4, 0.5) is 11.4 Å². The zero-order valence-corrected chi connectivity index (χ0v) is 12.9. The van der Waals surface area contributed by atoms with Crippen molar-refractivity contribution in [2.24, 2.45) is 0 Å². The van der Waals surface area contributed by atoms with Crippen LogP contribution >= 0.6 is 11.6 Å². The standard InChI is InChI=1S/C16H18ClN3O/c1-3-6-19-14-7-12(9-18-10-14)16(21)20-13-5-4-11(2)15(17)8-13/h4-5,7-10,19H,3,6H2,1-2H3,(H,20,21). The summed E-state index contributed by atoms with van der Waals surface area (Å²) in [5.41, 5.74) is 2.99. The Balaban J connectivity index is 2.10. The molecule has 2 aromatic rings. The maximum atomic E-state index is 12.2. The number of rotatable bonds is 5. The molecule has 1 aromatic carbocycles. The fraction of sp³-hybridized carbons (Fsp3) is 0.250. The number of amides is 1. The van der Waals surface area contributed by atoms with Gasteiger partial charge in [-0.1, -0.05) is 24.6 Å².